The Kier molecular flexibility index (Phi) is 1.75. The topological polar surface area (TPSA) is 52.5 Å². The van der Waals surface area contributed by atoms with Gasteiger partial charge in [0.2, 0.25) is 0 Å². The second-order valence-corrected chi connectivity index (χ2v) is 2.38. The van der Waals surface area contributed by atoms with Crippen LogP contribution in [0.25, 0.3) is 0 Å². The molecule has 0 spiro atoms. The smallest absolute Gasteiger partial charge is 0.138 e. The number of nitrogens with zero attached hydrogens (tertiary/aromatic N) is 2. The van der Waals surface area contributed by atoms with Gasteiger partial charge in [-0.2, -0.15) is 10.4 Å². The lowest BCUT2D eigenvalue weighted by Gasteiger charge is -1.83. The molecule has 3 nitrogen and oxygen atoms in total. The number of rotatable bonds is 1. The quantitative estimate of drug-likeness (QED) is 0.471. The van der Waals surface area contributed by atoms with Crippen molar-refractivity contribution in [2.24, 2.45) is 0 Å². The third kappa shape index (κ3) is 1.24. The summed E-state index contributed by atoms with van der Waals surface area (Å²) >= 11 is 1.12. The first-order valence-electron chi connectivity index (χ1n) is 2.40. The van der Waals surface area contributed by atoms with Crippen LogP contribution >= 0.6 is 11.8 Å². The van der Waals surface area contributed by atoms with Gasteiger partial charge in [0.25, 0.3) is 0 Å². The summed E-state index contributed by atoms with van der Waals surface area (Å²) in [6.45, 7) is 1.88. The summed E-state index contributed by atoms with van der Waals surface area (Å²) in [5.41, 5.74) is 0.946. The standard InChI is InChI=1S/C5H5N3S/c1-4-5(9-3-6)2-7-8-4/h2H,1H3,(H,7,8). The molecule has 1 aromatic heterocycles. The molecule has 9 heavy (non-hydrogen) atoms. The van der Waals surface area contributed by atoms with Gasteiger partial charge >= 0.3 is 0 Å². The first-order valence-corrected chi connectivity index (χ1v) is 3.22. The summed E-state index contributed by atoms with van der Waals surface area (Å²) in [4.78, 5) is 0.900. The average molecular weight is 139 g/mol. The molecule has 0 aromatic carbocycles. The minimum atomic E-state index is 0.900. The molecule has 0 aliphatic heterocycles. The van der Waals surface area contributed by atoms with Crippen molar-refractivity contribution < 1.29 is 0 Å². The lowest BCUT2D eigenvalue weighted by atomic mass is 10.5. The molecule has 0 unspecified atom stereocenters. The number of H-pyrrole nitrogens is 1. The molecule has 0 saturated carbocycles. The molecule has 0 fully saturated rings. The number of aryl methyl sites for hydroxylation is 1. The van der Waals surface area contributed by atoms with E-state index in [1.165, 1.54) is 0 Å². The first kappa shape index (κ1) is 6.17. The van der Waals surface area contributed by atoms with Crippen LogP contribution in [0.15, 0.2) is 11.1 Å². The van der Waals surface area contributed by atoms with E-state index in [9.17, 15) is 0 Å². The molecule has 0 aliphatic carbocycles. The molecule has 0 atom stereocenters. The highest BCUT2D eigenvalue weighted by Crippen LogP contribution is 2.17. The zero-order valence-corrected chi connectivity index (χ0v) is 5.70. The zero-order valence-electron chi connectivity index (χ0n) is 4.88. The lowest BCUT2D eigenvalue weighted by Crippen LogP contribution is -1.70. The molecule has 0 amide bonds. The largest absolute Gasteiger partial charge is 0.282 e. The highest BCUT2D eigenvalue weighted by molar-refractivity contribution is 8.03. The summed E-state index contributed by atoms with van der Waals surface area (Å²) in [6, 6.07) is 0. The number of thioether (sulfide) groups is 1. The molecule has 46 valence electrons. The van der Waals surface area contributed by atoms with Crippen LogP contribution in [0.1, 0.15) is 5.69 Å². The number of aromatic amines is 1. The summed E-state index contributed by atoms with van der Waals surface area (Å²) in [5, 5.41) is 16.7. The normalized spacial score (nSPS) is 8.89. The van der Waals surface area contributed by atoms with Crippen LogP contribution in [0, 0.1) is 17.6 Å². The number of thiocyanates is 1. The van der Waals surface area contributed by atoms with Crippen molar-refractivity contribution in [1.82, 2.24) is 10.2 Å². The Morgan fingerprint density at radius 1 is 1.89 bits per heavy atom. The van der Waals surface area contributed by atoms with E-state index in [2.05, 4.69) is 10.2 Å². The number of hydrogen-bond acceptors (Lipinski definition) is 3. The Morgan fingerprint density at radius 3 is 3.11 bits per heavy atom. The van der Waals surface area contributed by atoms with Gasteiger partial charge in [-0.3, -0.25) is 5.10 Å². The molecule has 4 heteroatoms. The Hall–Kier alpha value is -0.950. The SMILES string of the molecule is Cc1[nH]ncc1SC#N. The van der Waals surface area contributed by atoms with Gasteiger partial charge in [-0.1, -0.05) is 0 Å². The molecule has 0 aliphatic rings. The van der Waals surface area contributed by atoms with E-state index in [1.54, 1.807) is 6.20 Å². The monoisotopic (exact) mass is 139 g/mol. The fourth-order valence-electron chi connectivity index (χ4n) is 0.492. The van der Waals surface area contributed by atoms with Crippen LogP contribution in [0.2, 0.25) is 0 Å². The fourth-order valence-corrected chi connectivity index (χ4v) is 0.894. The van der Waals surface area contributed by atoms with Gasteiger partial charge in [0, 0.05) is 5.69 Å². The van der Waals surface area contributed by atoms with E-state index in [0.717, 1.165) is 22.4 Å². The minimum Gasteiger partial charge on any atom is -0.282 e. The van der Waals surface area contributed by atoms with E-state index in [1.807, 2.05) is 12.3 Å². The molecule has 1 rings (SSSR count). The van der Waals surface area contributed by atoms with Crippen LogP contribution in [0.5, 0.6) is 0 Å². The van der Waals surface area contributed by atoms with Crippen LogP contribution in [0.4, 0.5) is 0 Å². The van der Waals surface area contributed by atoms with Crippen molar-refractivity contribution in [2.45, 2.75) is 11.8 Å². The van der Waals surface area contributed by atoms with Crippen molar-refractivity contribution >= 4 is 11.8 Å². The van der Waals surface area contributed by atoms with Crippen LogP contribution in [0.3, 0.4) is 0 Å². The minimum absolute atomic E-state index is 0.900. The highest BCUT2D eigenvalue weighted by Gasteiger charge is 1.97. The molecule has 1 aromatic rings. The predicted octanol–water partition coefficient (Wildman–Crippen LogP) is 1.29. The van der Waals surface area contributed by atoms with Crippen LogP contribution in [-0.2, 0) is 0 Å². The summed E-state index contributed by atoms with van der Waals surface area (Å²) in [7, 11) is 0. The third-order valence-corrected chi connectivity index (χ3v) is 1.66. The van der Waals surface area contributed by atoms with Gasteiger partial charge in [-0.25, -0.2) is 0 Å². The lowest BCUT2D eigenvalue weighted by molar-refractivity contribution is 1.04. The fraction of sp³-hybridized carbons (Fsp3) is 0.200. The molecule has 1 N–H and O–H groups in total. The van der Waals surface area contributed by atoms with Crippen molar-refractivity contribution in [3.8, 4) is 5.40 Å². The molecule has 0 radical (unpaired) electrons. The van der Waals surface area contributed by atoms with E-state index < -0.39 is 0 Å². The Morgan fingerprint density at radius 2 is 2.67 bits per heavy atom. The number of hydrogen-bond donors (Lipinski definition) is 1. The van der Waals surface area contributed by atoms with E-state index in [-0.39, 0.29) is 0 Å². The first-order chi connectivity index (χ1) is 4.34. The Bertz CT molecular complexity index is 235. The summed E-state index contributed by atoms with van der Waals surface area (Å²) in [6.07, 6.45) is 1.64. The second kappa shape index (κ2) is 2.55. The molecular weight excluding hydrogens is 134 g/mol. The molecule has 0 saturated heterocycles. The van der Waals surface area contributed by atoms with E-state index in [0.29, 0.717) is 0 Å². The van der Waals surface area contributed by atoms with Crippen LogP contribution in [-0.4, -0.2) is 10.2 Å². The van der Waals surface area contributed by atoms with E-state index in [4.69, 9.17) is 5.26 Å². The predicted molar refractivity (Wildman–Crippen MR) is 34.8 cm³/mol. The number of nitriles is 1. The highest BCUT2D eigenvalue weighted by atomic mass is 32.2. The van der Waals surface area contributed by atoms with Gasteiger partial charge < -0.3 is 0 Å². The van der Waals surface area contributed by atoms with E-state index >= 15 is 0 Å². The van der Waals surface area contributed by atoms with Crippen molar-refractivity contribution in [3.63, 3.8) is 0 Å². The van der Waals surface area contributed by atoms with Crippen molar-refractivity contribution in [3.05, 3.63) is 11.9 Å². The summed E-state index contributed by atoms with van der Waals surface area (Å²) < 4.78 is 0. The molecular formula is C5H5N3S. The number of aromatic nitrogens is 2. The zero-order chi connectivity index (χ0) is 6.69. The van der Waals surface area contributed by atoms with Crippen molar-refractivity contribution in [2.75, 3.05) is 0 Å². The Labute approximate surface area is 57.1 Å². The molecule has 1 heterocycles. The second-order valence-electron chi connectivity index (χ2n) is 1.55. The van der Waals surface area contributed by atoms with Gasteiger partial charge in [0.15, 0.2) is 0 Å². The van der Waals surface area contributed by atoms with Gasteiger partial charge in [0.1, 0.15) is 5.40 Å². The summed E-state index contributed by atoms with van der Waals surface area (Å²) in [5.74, 6) is 0. The maximum Gasteiger partial charge on any atom is 0.138 e. The van der Waals surface area contributed by atoms with Crippen LogP contribution < -0.4 is 0 Å². The van der Waals surface area contributed by atoms with Gasteiger partial charge in [0.05, 0.1) is 11.1 Å². The third-order valence-electron chi connectivity index (χ3n) is 0.939. The maximum atomic E-state index is 8.23. The maximum absolute atomic E-state index is 8.23. The number of nitrogens with one attached hydrogen (secondary N) is 1. The van der Waals surface area contributed by atoms with Crippen molar-refractivity contribution in [1.29, 1.82) is 5.26 Å². The average Bonchev–Trinajstić information content (AvgIpc) is 2.18. The molecule has 0 bridgehead atoms. The van der Waals surface area contributed by atoms with Gasteiger partial charge in [-0.15, -0.1) is 0 Å². The van der Waals surface area contributed by atoms with Gasteiger partial charge in [-0.05, 0) is 18.7 Å². The Balaban J connectivity index is 2.84.